The van der Waals surface area contributed by atoms with Gasteiger partial charge in [0, 0.05) is 11.5 Å². The molecule has 0 atom stereocenters. The number of hydrogen-bond donors (Lipinski definition) is 5. The van der Waals surface area contributed by atoms with Gasteiger partial charge in [-0.15, -0.1) is 0 Å². The van der Waals surface area contributed by atoms with E-state index in [4.69, 9.17) is 10.2 Å². The van der Waals surface area contributed by atoms with Gasteiger partial charge >= 0.3 is 11.9 Å². The number of nitrogens with one attached hydrogen (secondary N) is 1. The molecular formula is C19H15NO8S. The highest BCUT2D eigenvalue weighted by molar-refractivity contribution is 7.92. The number of carboxylic acids is 2. The maximum Gasteiger partial charge on any atom is 0.335 e. The third-order valence-electron chi connectivity index (χ3n) is 4.32. The van der Waals surface area contributed by atoms with Crippen LogP contribution in [0.15, 0.2) is 47.4 Å². The number of carbonyl (C=O) groups is 2. The van der Waals surface area contributed by atoms with Gasteiger partial charge in [-0.3, -0.25) is 4.72 Å². The van der Waals surface area contributed by atoms with Crippen molar-refractivity contribution in [2.75, 3.05) is 4.72 Å². The minimum atomic E-state index is -4.24. The van der Waals surface area contributed by atoms with Crippen LogP contribution in [0, 0.1) is 6.92 Å². The van der Waals surface area contributed by atoms with Gasteiger partial charge in [0.15, 0.2) is 0 Å². The van der Waals surface area contributed by atoms with E-state index in [1.807, 2.05) is 0 Å². The number of sulfonamides is 1. The number of phenolic OH excluding ortho intramolecular Hbond substituents is 2. The van der Waals surface area contributed by atoms with E-state index < -0.39 is 33.1 Å². The zero-order chi connectivity index (χ0) is 21.5. The van der Waals surface area contributed by atoms with Gasteiger partial charge in [-0.2, -0.15) is 0 Å². The minimum Gasteiger partial charge on any atom is -0.508 e. The number of anilines is 1. The summed E-state index contributed by atoms with van der Waals surface area (Å²) >= 11 is 0. The Morgan fingerprint density at radius 3 is 1.97 bits per heavy atom. The van der Waals surface area contributed by atoms with E-state index in [-0.39, 0.29) is 27.5 Å². The quantitative estimate of drug-likeness (QED) is 0.423. The van der Waals surface area contributed by atoms with E-state index >= 15 is 0 Å². The van der Waals surface area contributed by atoms with Gasteiger partial charge in [-0.05, 0) is 48.2 Å². The molecule has 0 spiro atoms. The summed E-state index contributed by atoms with van der Waals surface area (Å²) in [7, 11) is -4.24. The first-order valence-corrected chi connectivity index (χ1v) is 9.57. The fourth-order valence-corrected chi connectivity index (χ4v) is 3.90. The Morgan fingerprint density at radius 1 is 0.828 bits per heavy atom. The summed E-state index contributed by atoms with van der Waals surface area (Å²) in [5, 5.41) is 38.7. The van der Waals surface area contributed by atoms with Crippen molar-refractivity contribution in [3.05, 3.63) is 59.2 Å². The lowest BCUT2D eigenvalue weighted by atomic mass is 10.0. The molecule has 0 aliphatic carbocycles. The third-order valence-corrected chi connectivity index (χ3v) is 5.70. The summed E-state index contributed by atoms with van der Waals surface area (Å²) in [6.07, 6.45) is 0. The number of aryl methyl sites for hydroxylation is 1. The van der Waals surface area contributed by atoms with Crippen LogP contribution < -0.4 is 4.72 Å². The van der Waals surface area contributed by atoms with Crippen molar-refractivity contribution in [1.82, 2.24) is 0 Å². The van der Waals surface area contributed by atoms with Gasteiger partial charge in [0.2, 0.25) is 0 Å². The Morgan fingerprint density at radius 2 is 1.41 bits per heavy atom. The molecule has 0 aliphatic rings. The first-order chi connectivity index (χ1) is 13.5. The summed E-state index contributed by atoms with van der Waals surface area (Å²) in [4.78, 5) is 22.1. The molecule has 0 heterocycles. The monoisotopic (exact) mass is 417 g/mol. The van der Waals surface area contributed by atoms with Crippen LogP contribution in [0.5, 0.6) is 11.5 Å². The molecule has 0 fully saturated rings. The normalized spacial score (nSPS) is 11.3. The Bertz CT molecular complexity index is 1250. The molecule has 0 aliphatic heterocycles. The highest BCUT2D eigenvalue weighted by Crippen LogP contribution is 2.35. The second kappa shape index (κ2) is 6.99. The van der Waals surface area contributed by atoms with Gasteiger partial charge in [0.1, 0.15) is 11.5 Å². The standard InChI is InChI=1S/C19H15NO8S/c1-9-14-3-2-13(7-15(14)17(22)8-16(9)21)29(27,28)20-12-5-10(18(23)24)4-11(6-12)19(25)26/h2-8,20-22H,1H3,(H,23,24)(H,25,26). The lowest BCUT2D eigenvalue weighted by molar-refractivity contribution is 0.0696. The number of phenols is 2. The molecular weight excluding hydrogens is 402 g/mol. The van der Waals surface area contributed by atoms with Crippen LogP contribution in [-0.4, -0.2) is 40.8 Å². The average Bonchev–Trinajstić information content (AvgIpc) is 2.65. The van der Waals surface area contributed by atoms with Crippen LogP contribution in [0.2, 0.25) is 0 Å². The third kappa shape index (κ3) is 3.78. The molecule has 10 heteroatoms. The molecule has 3 aromatic carbocycles. The number of rotatable bonds is 5. The Kier molecular flexibility index (Phi) is 4.81. The van der Waals surface area contributed by atoms with Gasteiger partial charge < -0.3 is 20.4 Å². The molecule has 0 radical (unpaired) electrons. The molecule has 150 valence electrons. The lowest BCUT2D eigenvalue weighted by Crippen LogP contribution is -2.14. The summed E-state index contributed by atoms with van der Waals surface area (Å²) in [6, 6.07) is 7.84. The summed E-state index contributed by atoms with van der Waals surface area (Å²) in [5.74, 6) is -3.30. The number of hydrogen-bond acceptors (Lipinski definition) is 6. The maximum atomic E-state index is 12.7. The van der Waals surface area contributed by atoms with Crippen LogP contribution in [0.25, 0.3) is 10.8 Å². The fourth-order valence-electron chi connectivity index (χ4n) is 2.83. The SMILES string of the molecule is Cc1c(O)cc(O)c2cc(S(=O)(=O)Nc3cc(C(=O)O)cc(C(=O)O)c3)ccc12. The van der Waals surface area contributed by atoms with Crippen molar-refractivity contribution in [1.29, 1.82) is 0 Å². The van der Waals surface area contributed by atoms with Crippen LogP contribution in [0.3, 0.4) is 0 Å². The summed E-state index contributed by atoms with van der Waals surface area (Å²) in [5.41, 5.74) is -0.585. The van der Waals surface area contributed by atoms with Crippen molar-refractivity contribution >= 4 is 38.4 Å². The van der Waals surface area contributed by atoms with Crippen molar-refractivity contribution in [2.24, 2.45) is 0 Å². The van der Waals surface area contributed by atoms with Crippen LogP contribution in [0.1, 0.15) is 26.3 Å². The average molecular weight is 417 g/mol. The minimum absolute atomic E-state index is 0.143. The number of carboxylic acid groups (broad SMARTS) is 2. The zero-order valence-electron chi connectivity index (χ0n) is 14.9. The topological polar surface area (TPSA) is 161 Å². The highest BCUT2D eigenvalue weighted by Gasteiger charge is 2.19. The molecule has 5 N–H and O–H groups in total. The molecule has 29 heavy (non-hydrogen) atoms. The molecule has 0 saturated carbocycles. The molecule has 3 aromatic rings. The van der Waals surface area contributed by atoms with E-state index in [2.05, 4.69) is 4.72 Å². The van der Waals surface area contributed by atoms with Crippen molar-refractivity contribution in [3.8, 4) is 11.5 Å². The molecule has 0 bridgehead atoms. The second-order valence-corrected chi connectivity index (χ2v) is 7.94. The van der Waals surface area contributed by atoms with E-state index in [9.17, 15) is 28.2 Å². The first kappa shape index (κ1) is 20.0. The van der Waals surface area contributed by atoms with Gasteiger partial charge in [-0.1, -0.05) is 6.07 Å². The number of fused-ring (bicyclic) bond motifs is 1. The number of aromatic hydroxyl groups is 2. The van der Waals surface area contributed by atoms with E-state index in [1.54, 1.807) is 6.92 Å². The Hall–Kier alpha value is -3.79. The maximum absolute atomic E-state index is 12.7. The Balaban J connectivity index is 2.09. The van der Waals surface area contributed by atoms with Crippen molar-refractivity contribution in [2.45, 2.75) is 11.8 Å². The predicted octanol–water partition coefficient (Wildman–Crippen LogP) is 2.76. The second-order valence-electron chi connectivity index (χ2n) is 6.26. The molecule has 0 unspecified atom stereocenters. The van der Waals surface area contributed by atoms with Crippen molar-refractivity contribution in [3.63, 3.8) is 0 Å². The van der Waals surface area contributed by atoms with Crippen LogP contribution in [-0.2, 0) is 10.0 Å². The predicted molar refractivity (Wildman–Crippen MR) is 103 cm³/mol. The smallest absolute Gasteiger partial charge is 0.335 e. The molecule has 0 amide bonds. The van der Waals surface area contributed by atoms with Gasteiger partial charge in [0.25, 0.3) is 10.0 Å². The van der Waals surface area contributed by atoms with E-state index in [1.165, 1.54) is 18.2 Å². The molecule has 9 nitrogen and oxygen atoms in total. The highest BCUT2D eigenvalue weighted by atomic mass is 32.2. The number of benzene rings is 3. The van der Waals surface area contributed by atoms with Gasteiger partial charge in [-0.25, -0.2) is 18.0 Å². The van der Waals surface area contributed by atoms with Gasteiger partial charge in [0.05, 0.1) is 21.7 Å². The largest absolute Gasteiger partial charge is 0.508 e. The molecule has 3 rings (SSSR count). The van der Waals surface area contributed by atoms with E-state index in [0.29, 0.717) is 10.9 Å². The fraction of sp³-hybridized carbons (Fsp3) is 0.0526. The molecule has 0 aromatic heterocycles. The lowest BCUT2D eigenvalue weighted by Gasteiger charge is -2.12. The van der Waals surface area contributed by atoms with Crippen LogP contribution >= 0.6 is 0 Å². The summed E-state index contributed by atoms with van der Waals surface area (Å²) < 4.78 is 27.6. The van der Waals surface area contributed by atoms with E-state index in [0.717, 1.165) is 24.3 Å². The zero-order valence-corrected chi connectivity index (χ0v) is 15.7. The summed E-state index contributed by atoms with van der Waals surface area (Å²) in [6.45, 7) is 1.61. The first-order valence-electron chi connectivity index (χ1n) is 8.09. The van der Waals surface area contributed by atoms with Crippen molar-refractivity contribution < 1.29 is 38.4 Å². The number of aromatic carboxylic acids is 2. The Labute approximate surface area is 164 Å². The molecule has 0 saturated heterocycles. The van der Waals surface area contributed by atoms with Crippen LogP contribution in [0.4, 0.5) is 5.69 Å².